The Hall–Kier alpha value is -1.09. The number of aromatic amines is 1. The van der Waals surface area contributed by atoms with Crippen molar-refractivity contribution in [1.82, 2.24) is 9.97 Å². The molecule has 0 saturated carbocycles. The van der Waals surface area contributed by atoms with Gasteiger partial charge in [0.2, 0.25) is 0 Å². The first-order valence-corrected chi connectivity index (χ1v) is 5.24. The molecular weight excluding hydrogens is 240 g/mol. The molecule has 0 aliphatic heterocycles. The van der Waals surface area contributed by atoms with Crippen LogP contribution in [-0.2, 0) is 0 Å². The van der Waals surface area contributed by atoms with E-state index in [2.05, 4.69) is 51.0 Å². The number of hydrogen-bond acceptors (Lipinski definition) is 1. The number of nitrogens with one attached hydrogen (secondary N) is 1. The topological polar surface area (TPSA) is 28.7 Å². The highest BCUT2D eigenvalue weighted by Gasteiger charge is 2.02. The zero-order valence-electron chi connectivity index (χ0n) is 8.13. The molecule has 1 N–H and O–H groups in total. The van der Waals surface area contributed by atoms with Gasteiger partial charge in [0.15, 0.2) is 0 Å². The maximum Gasteiger partial charge on any atom is 0.137 e. The maximum absolute atomic E-state index is 4.28. The molecular formula is C11H11BrN2. The van der Waals surface area contributed by atoms with Crippen molar-refractivity contribution in [3.05, 3.63) is 40.1 Å². The Morgan fingerprint density at radius 2 is 2.07 bits per heavy atom. The summed E-state index contributed by atoms with van der Waals surface area (Å²) in [6, 6.07) is 6.23. The minimum Gasteiger partial charge on any atom is -0.342 e. The van der Waals surface area contributed by atoms with E-state index in [0.717, 1.165) is 21.6 Å². The highest BCUT2D eigenvalue weighted by atomic mass is 79.9. The van der Waals surface area contributed by atoms with Gasteiger partial charge in [0, 0.05) is 21.9 Å². The minimum atomic E-state index is 0.920. The predicted molar refractivity (Wildman–Crippen MR) is 61.2 cm³/mol. The number of aromatic nitrogens is 2. The minimum absolute atomic E-state index is 0.920. The maximum atomic E-state index is 4.28. The van der Waals surface area contributed by atoms with E-state index in [4.69, 9.17) is 0 Å². The van der Waals surface area contributed by atoms with Gasteiger partial charge in [-0.25, -0.2) is 4.98 Å². The lowest BCUT2D eigenvalue weighted by Crippen LogP contribution is -1.82. The summed E-state index contributed by atoms with van der Waals surface area (Å²) in [6.07, 6.45) is 1.84. The molecule has 0 saturated heterocycles. The smallest absolute Gasteiger partial charge is 0.137 e. The van der Waals surface area contributed by atoms with Gasteiger partial charge in [-0.05, 0) is 25.5 Å². The van der Waals surface area contributed by atoms with Crippen molar-refractivity contribution >= 4 is 15.9 Å². The summed E-state index contributed by atoms with van der Waals surface area (Å²) in [4.78, 5) is 7.49. The number of aryl methyl sites for hydroxylation is 2. The van der Waals surface area contributed by atoms with Gasteiger partial charge >= 0.3 is 0 Å². The molecule has 2 nitrogen and oxygen atoms in total. The van der Waals surface area contributed by atoms with Gasteiger partial charge in [0.25, 0.3) is 0 Å². The molecule has 1 heterocycles. The van der Waals surface area contributed by atoms with Crippen molar-refractivity contribution in [3.8, 4) is 11.4 Å². The van der Waals surface area contributed by atoms with Crippen molar-refractivity contribution in [2.24, 2.45) is 0 Å². The molecule has 0 atom stereocenters. The number of imidazole rings is 1. The predicted octanol–water partition coefficient (Wildman–Crippen LogP) is 3.46. The molecule has 1 aromatic carbocycles. The summed E-state index contributed by atoms with van der Waals surface area (Å²) in [7, 11) is 0. The first-order chi connectivity index (χ1) is 6.66. The van der Waals surface area contributed by atoms with Crippen molar-refractivity contribution in [2.75, 3.05) is 0 Å². The first kappa shape index (κ1) is 9.46. The van der Waals surface area contributed by atoms with Crippen LogP contribution in [0.1, 0.15) is 11.3 Å². The highest BCUT2D eigenvalue weighted by Crippen LogP contribution is 2.23. The van der Waals surface area contributed by atoms with Gasteiger partial charge in [-0.15, -0.1) is 0 Å². The van der Waals surface area contributed by atoms with Gasteiger partial charge < -0.3 is 4.98 Å². The number of nitrogens with zero attached hydrogens (tertiary/aromatic N) is 1. The molecule has 0 aliphatic rings. The molecule has 0 spiro atoms. The molecule has 14 heavy (non-hydrogen) atoms. The molecule has 0 aliphatic carbocycles. The van der Waals surface area contributed by atoms with Crippen LogP contribution >= 0.6 is 15.9 Å². The van der Waals surface area contributed by atoms with E-state index in [1.807, 2.05) is 13.1 Å². The number of H-pyrrole nitrogens is 1. The lowest BCUT2D eigenvalue weighted by atomic mass is 10.1. The summed E-state index contributed by atoms with van der Waals surface area (Å²) in [5.41, 5.74) is 3.42. The molecule has 2 rings (SSSR count). The molecule has 0 fully saturated rings. The average Bonchev–Trinajstić information content (AvgIpc) is 2.57. The second kappa shape index (κ2) is 3.58. The fourth-order valence-corrected chi connectivity index (χ4v) is 1.68. The Labute approximate surface area is 91.5 Å². The molecule has 0 unspecified atom stereocenters. The molecule has 3 heteroatoms. The second-order valence-corrected chi connectivity index (χ2v) is 4.23. The summed E-state index contributed by atoms with van der Waals surface area (Å²) in [6.45, 7) is 4.07. The molecule has 0 radical (unpaired) electrons. The third kappa shape index (κ3) is 1.73. The zero-order valence-corrected chi connectivity index (χ0v) is 9.72. The summed E-state index contributed by atoms with van der Waals surface area (Å²) < 4.78 is 1.11. The summed E-state index contributed by atoms with van der Waals surface area (Å²) in [5.74, 6) is 0.920. The van der Waals surface area contributed by atoms with Crippen LogP contribution in [0, 0.1) is 13.8 Å². The van der Waals surface area contributed by atoms with Crippen molar-refractivity contribution in [2.45, 2.75) is 13.8 Å². The first-order valence-electron chi connectivity index (χ1n) is 4.45. The van der Waals surface area contributed by atoms with E-state index in [1.54, 1.807) is 0 Å². The summed E-state index contributed by atoms with van der Waals surface area (Å²) in [5, 5.41) is 0. The fourth-order valence-electron chi connectivity index (χ4n) is 1.30. The van der Waals surface area contributed by atoms with E-state index in [0.29, 0.717) is 0 Å². The van der Waals surface area contributed by atoms with Crippen LogP contribution in [0.5, 0.6) is 0 Å². The average molecular weight is 251 g/mol. The van der Waals surface area contributed by atoms with Gasteiger partial charge in [0.1, 0.15) is 5.82 Å². The Kier molecular flexibility index (Phi) is 2.42. The Bertz CT molecular complexity index is 460. The monoisotopic (exact) mass is 250 g/mol. The number of hydrogen-bond donors (Lipinski definition) is 1. The van der Waals surface area contributed by atoms with Crippen LogP contribution in [0.3, 0.4) is 0 Å². The van der Waals surface area contributed by atoms with E-state index in [1.165, 1.54) is 5.56 Å². The van der Waals surface area contributed by atoms with E-state index < -0.39 is 0 Å². The quantitative estimate of drug-likeness (QED) is 0.826. The normalized spacial score (nSPS) is 10.5. The molecule has 0 bridgehead atoms. The van der Waals surface area contributed by atoms with Gasteiger partial charge in [-0.1, -0.05) is 28.1 Å². The van der Waals surface area contributed by atoms with E-state index in [-0.39, 0.29) is 0 Å². The third-order valence-corrected chi connectivity index (χ3v) is 3.00. The fraction of sp³-hybridized carbons (Fsp3) is 0.182. The molecule has 1 aromatic heterocycles. The third-order valence-electron chi connectivity index (χ3n) is 2.15. The van der Waals surface area contributed by atoms with E-state index >= 15 is 0 Å². The molecule has 2 aromatic rings. The Morgan fingerprint density at radius 1 is 1.29 bits per heavy atom. The number of rotatable bonds is 1. The molecule has 72 valence electrons. The van der Waals surface area contributed by atoms with Gasteiger partial charge in [-0.2, -0.15) is 0 Å². The number of halogens is 1. The standard InChI is InChI=1S/C11H11BrN2/c1-7-3-4-9(5-10(7)12)11-13-6-8(2)14-11/h3-6H,1-2H3,(H,13,14). The lowest BCUT2D eigenvalue weighted by Gasteiger charge is -2.00. The second-order valence-electron chi connectivity index (χ2n) is 3.38. The van der Waals surface area contributed by atoms with Crippen molar-refractivity contribution < 1.29 is 0 Å². The zero-order chi connectivity index (χ0) is 10.1. The van der Waals surface area contributed by atoms with Crippen LogP contribution in [0.15, 0.2) is 28.9 Å². The van der Waals surface area contributed by atoms with Gasteiger partial charge in [0.05, 0.1) is 0 Å². The Morgan fingerprint density at radius 3 is 2.64 bits per heavy atom. The van der Waals surface area contributed by atoms with Crippen LogP contribution in [-0.4, -0.2) is 9.97 Å². The number of benzene rings is 1. The lowest BCUT2D eigenvalue weighted by molar-refractivity contribution is 1.25. The summed E-state index contributed by atoms with van der Waals surface area (Å²) >= 11 is 3.51. The van der Waals surface area contributed by atoms with Crippen LogP contribution in [0.2, 0.25) is 0 Å². The highest BCUT2D eigenvalue weighted by molar-refractivity contribution is 9.10. The van der Waals surface area contributed by atoms with Crippen LogP contribution in [0.25, 0.3) is 11.4 Å². The van der Waals surface area contributed by atoms with E-state index in [9.17, 15) is 0 Å². The van der Waals surface area contributed by atoms with Gasteiger partial charge in [-0.3, -0.25) is 0 Å². The Balaban J connectivity index is 2.47. The molecule has 0 amide bonds. The van der Waals surface area contributed by atoms with Crippen LogP contribution in [0.4, 0.5) is 0 Å². The van der Waals surface area contributed by atoms with Crippen LogP contribution < -0.4 is 0 Å². The van der Waals surface area contributed by atoms with Crippen molar-refractivity contribution in [3.63, 3.8) is 0 Å². The van der Waals surface area contributed by atoms with Crippen molar-refractivity contribution in [1.29, 1.82) is 0 Å². The SMILES string of the molecule is Cc1cnc(-c2ccc(C)c(Br)c2)[nH]1. The largest absolute Gasteiger partial charge is 0.342 e.